The van der Waals surface area contributed by atoms with Gasteiger partial charge in [-0.25, -0.2) is 4.39 Å². The first-order valence-electron chi connectivity index (χ1n) is 7.94. The highest BCUT2D eigenvalue weighted by molar-refractivity contribution is 5.25. The van der Waals surface area contributed by atoms with Crippen molar-refractivity contribution in [3.05, 3.63) is 35.1 Å². The van der Waals surface area contributed by atoms with E-state index in [0.29, 0.717) is 6.04 Å². The van der Waals surface area contributed by atoms with Crippen molar-refractivity contribution in [2.24, 2.45) is 5.92 Å². The van der Waals surface area contributed by atoms with Crippen LogP contribution in [0.5, 0.6) is 0 Å². The van der Waals surface area contributed by atoms with Crippen molar-refractivity contribution in [2.75, 3.05) is 13.6 Å². The summed E-state index contributed by atoms with van der Waals surface area (Å²) in [5, 5.41) is 3.14. The second-order valence-electron chi connectivity index (χ2n) is 6.33. The molecule has 2 atom stereocenters. The molecular formula is C17H25FN2. The maximum Gasteiger partial charge on any atom is 0.127 e. The first-order valence-corrected chi connectivity index (χ1v) is 7.94. The van der Waals surface area contributed by atoms with Crippen LogP contribution in [0.2, 0.25) is 0 Å². The molecule has 1 aliphatic heterocycles. The Balaban J connectivity index is 1.74. The van der Waals surface area contributed by atoms with E-state index in [1.807, 2.05) is 19.2 Å². The standard InChI is InChI=1S/C17H25FN2/c1-19-11-13-7-8-16(18)15(10-13)12-20-9-3-5-14-4-2-6-17(14)20/h7-8,10,14,17,19H,2-6,9,11-12H2,1H3. The summed E-state index contributed by atoms with van der Waals surface area (Å²) >= 11 is 0. The number of benzene rings is 1. The van der Waals surface area contributed by atoms with Crippen molar-refractivity contribution < 1.29 is 4.39 Å². The van der Waals surface area contributed by atoms with Gasteiger partial charge in [0, 0.05) is 24.7 Å². The van der Waals surface area contributed by atoms with Gasteiger partial charge >= 0.3 is 0 Å². The SMILES string of the molecule is CNCc1ccc(F)c(CN2CCCC3CCCC32)c1. The highest BCUT2D eigenvalue weighted by Crippen LogP contribution is 2.37. The van der Waals surface area contributed by atoms with Gasteiger partial charge in [0.05, 0.1) is 0 Å². The molecule has 1 N–H and O–H groups in total. The van der Waals surface area contributed by atoms with Gasteiger partial charge in [-0.2, -0.15) is 0 Å². The molecule has 1 saturated carbocycles. The molecule has 2 nitrogen and oxygen atoms in total. The van der Waals surface area contributed by atoms with Gasteiger partial charge in [-0.1, -0.05) is 18.6 Å². The fourth-order valence-electron chi connectivity index (χ4n) is 4.04. The van der Waals surface area contributed by atoms with Crippen LogP contribution in [0, 0.1) is 11.7 Å². The van der Waals surface area contributed by atoms with Crippen LogP contribution >= 0.6 is 0 Å². The zero-order chi connectivity index (χ0) is 13.9. The number of rotatable bonds is 4. The van der Waals surface area contributed by atoms with E-state index < -0.39 is 0 Å². The maximum absolute atomic E-state index is 14.1. The van der Waals surface area contributed by atoms with Crippen LogP contribution in [0.25, 0.3) is 0 Å². The van der Waals surface area contributed by atoms with Gasteiger partial charge < -0.3 is 5.32 Å². The van der Waals surface area contributed by atoms with Crippen molar-refractivity contribution >= 4 is 0 Å². The van der Waals surface area contributed by atoms with E-state index in [1.54, 1.807) is 6.07 Å². The van der Waals surface area contributed by atoms with E-state index in [1.165, 1.54) is 37.7 Å². The zero-order valence-electron chi connectivity index (χ0n) is 12.4. The second-order valence-corrected chi connectivity index (χ2v) is 6.33. The summed E-state index contributed by atoms with van der Waals surface area (Å²) in [4.78, 5) is 2.53. The fourth-order valence-corrected chi connectivity index (χ4v) is 4.04. The van der Waals surface area contributed by atoms with Gasteiger partial charge in [0.1, 0.15) is 5.82 Å². The average molecular weight is 276 g/mol. The zero-order valence-corrected chi connectivity index (χ0v) is 12.4. The summed E-state index contributed by atoms with van der Waals surface area (Å²) < 4.78 is 14.1. The Morgan fingerprint density at radius 3 is 2.95 bits per heavy atom. The van der Waals surface area contributed by atoms with E-state index in [2.05, 4.69) is 10.2 Å². The largest absolute Gasteiger partial charge is 0.316 e. The van der Waals surface area contributed by atoms with Gasteiger partial charge in [-0.3, -0.25) is 4.90 Å². The van der Waals surface area contributed by atoms with E-state index in [4.69, 9.17) is 0 Å². The number of hydrogen-bond acceptors (Lipinski definition) is 2. The Labute approximate surface area is 121 Å². The molecule has 1 heterocycles. The summed E-state index contributed by atoms with van der Waals surface area (Å²) in [7, 11) is 1.93. The Bertz CT molecular complexity index is 460. The summed E-state index contributed by atoms with van der Waals surface area (Å²) in [5.74, 6) is 0.817. The lowest BCUT2D eigenvalue weighted by Gasteiger charge is -2.37. The molecular weight excluding hydrogens is 251 g/mol. The lowest BCUT2D eigenvalue weighted by Crippen LogP contribution is -2.42. The quantitative estimate of drug-likeness (QED) is 0.907. The van der Waals surface area contributed by atoms with E-state index in [9.17, 15) is 4.39 Å². The number of likely N-dealkylation sites (tertiary alicyclic amines) is 1. The number of hydrogen-bond donors (Lipinski definition) is 1. The van der Waals surface area contributed by atoms with Crippen LogP contribution in [0.1, 0.15) is 43.2 Å². The molecule has 0 spiro atoms. The minimum atomic E-state index is -0.0510. The Hall–Kier alpha value is -0.930. The topological polar surface area (TPSA) is 15.3 Å². The van der Waals surface area contributed by atoms with Crippen molar-refractivity contribution in [1.29, 1.82) is 0 Å². The molecule has 3 heteroatoms. The molecule has 2 aliphatic rings. The number of nitrogens with one attached hydrogen (secondary N) is 1. The smallest absolute Gasteiger partial charge is 0.127 e. The van der Waals surface area contributed by atoms with Gasteiger partial charge in [-0.05, 0) is 56.8 Å². The third-order valence-electron chi connectivity index (χ3n) is 4.97. The maximum atomic E-state index is 14.1. The van der Waals surface area contributed by atoms with E-state index in [-0.39, 0.29) is 5.82 Å². The third-order valence-corrected chi connectivity index (χ3v) is 4.97. The Morgan fingerprint density at radius 2 is 2.10 bits per heavy atom. The molecule has 1 saturated heterocycles. The van der Waals surface area contributed by atoms with Crippen molar-refractivity contribution in [1.82, 2.24) is 10.2 Å². The minimum absolute atomic E-state index is 0.0510. The first kappa shape index (κ1) is 14.0. The second kappa shape index (κ2) is 6.23. The molecule has 0 aromatic heterocycles. The highest BCUT2D eigenvalue weighted by Gasteiger charge is 2.34. The molecule has 1 aromatic carbocycles. The monoisotopic (exact) mass is 276 g/mol. The summed E-state index contributed by atoms with van der Waals surface area (Å²) in [6.07, 6.45) is 6.70. The molecule has 2 unspecified atom stereocenters. The molecule has 3 rings (SSSR count). The van der Waals surface area contributed by atoms with Crippen molar-refractivity contribution in [3.8, 4) is 0 Å². The number of halogens is 1. The highest BCUT2D eigenvalue weighted by atomic mass is 19.1. The van der Waals surface area contributed by atoms with Gasteiger partial charge in [0.15, 0.2) is 0 Å². The Morgan fingerprint density at radius 1 is 1.25 bits per heavy atom. The third kappa shape index (κ3) is 2.89. The van der Waals surface area contributed by atoms with Gasteiger partial charge in [0.2, 0.25) is 0 Å². The van der Waals surface area contributed by atoms with E-state index in [0.717, 1.165) is 31.1 Å². The normalized spacial score (nSPS) is 26.7. The summed E-state index contributed by atoms with van der Waals surface area (Å²) in [5.41, 5.74) is 2.04. The van der Waals surface area contributed by atoms with Crippen LogP contribution in [0.3, 0.4) is 0 Å². The van der Waals surface area contributed by atoms with Crippen molar-refractivity contribution in [2.45, 2.75) is 51.2 Å². The van der Waals surface area contributed by atoms with Crippen LogP contribution in [0.15, 0.2) is 18.2 Å². The lowest BCUT2D eigenvalue weighted by molar-refractivity contribution is 0.104. The summed E-state index contributed by atoms with van der Waals surface area (Å²) in [6, 6.07) is 6.24. The summed E-state index contributed by atoms with van der Waals surface area (Å²) in [6.45, 7) is 2.72. The number of piperidine rings is 1. The number of nitrogens with zero attached hydrogens (tertiary/aromatic N) is 1. The van der Waals surface area contributed by atoms with E-state index >= 15 is 0 Å². The predicted molar refractivity (Wildman–Crippen MR) is 79.9 cm³/mol. The Kier molecular flexibility index (Phi) is 4.37. The fraction of sp³-hybridized carbons (Fsp3) is 0.647. The molecule has 0 radical (unpaired) electrons. The first-order chi connectivity index (χ1) is 9.78. The van der Waals surface area contributed by atoms with Crippen molar-refractivity contribution in [3.63, 3.8) is 0 Å². The lowest BCUT2D eigenvalue weighted by atomic mass is 9.91. The van der Waals surface area contributed by atoms with Crippen LogP contribution in [-0.4, -0.2) is 24.5 Å². The molecule has 0 bridgehead atoms. The minimum Gasteiger partial charge on any atom is -0.316 e. The van der Waals surface area contributed by atoms with Gasteiger partial charge in [-0.15, -0.1) is 0 Å². The van der Waals surface area contributed by atoms with Gasteiger partial charge in [0.25, 0.3) is 0 Å². The predicted octanol–water partition coefficient (Wildman–Crippen LogP) is 3.31. The average Bonchev–Trinajstić information content (AvgIpc) is 2.92. The van der Waals surface area contributed by atoms with Crippen LogP contribution < -0.4 is 5.32 Å². The molecule has 0 amide bonds. The molecule has 1 aliphatic carbocycles. The molecule has 110 valence electrons. The number of fused-ring (bicyclic) bond motifs is 1. The van der Waals surface area contributed by atoms with Crippen LogP contribution in [-0.2, 0) is 13.1 Å². The van der Waals surface area contributed by atoms with Crippen LogP contribution in [0.4, 0.5) is 4.39 Å². The molecule has 20 heavy (non-hydrogen) atoms. The molecule has 1 aromatic rings. The molecule has 2 fully saturated rings.